The van der Waals surface area contributed by atoms with E-state index in [0.717, 1.165) is 27.8 Å². The summed E-state index contributed by atoms with van der Waals surface area (Å²) in [6.45, 7) is 10.7. The lowest BCUT2D eigenvalue weighted by Gasteiger charge is -2.17. The van der Waals surface area contributed by atoms with Crippen LogP contribution in [-0.4, -0.2) is 23.3 Å². The molecule has 0 heterocycles. The van der Waals surface area contributed by atoms with E-state index in [4.69, 9.17) is 4.74 Å². The van der Waals surface area contributed by atoms with Gasteiger partial charge in [-0.2, -0.15) is 0 Å². The molecule has 0 unspecified atom stereocenters. The number of rotatable bonds is 5. The Morgan fingerprint density at radius 3 is 1.96 bits per heavy atom. The number of carbonyl (C=O) groups is 2. The predicted molar refractivity (Wildman–Crippen MR) is 103 cm³/mol. The molecule has 2 aromatic rings. The van der Waals surface area contributed by atoms with Crippen LogP contribution in [0.2, 0.25) is 0 Å². The molecule has 27 heavy (non-hydrogen) atoms. The Hall–Kier alpha value is -3.02. The molecule has 0 aliphatic carbocycles. The summed E-state index contributed by atoms with van der Waals surface area (Å²) in [5.74, 6) is -1.05. The number of benzene rings is 2. The summed E-state index contributed by atoms with van der Waals surface area (Å²) in [6.07, 6.45) is 0. The summed E-state index contributed by atoms with van der Waals surface area (Å²) < 4.78 is 5.23. The molecule has 142 valence electrons. The van der Waals surface area contributed by atoms with Crippen LogP contribution in [0.5, 0.6) is 0 Å². The molecule has 0 N–H and O–H groups in total. The van der Waals surface area contributed by atoms with Crippen molar-refractivity contribution in [1.29, 1.82) is 0 Å². The van der Waals surface area contributed by atoms with E-state index in [-0.39, 0.29) is 11.3 Å². The standard InChI is InChI=1S/C21H23NO5/c1-11-7-8-17(9-18(11)22(25)26)19(23)10-27-21(24)20-15(5)13(3)12(2)14(4)16(20)6/h7-9H,10H2,1-6H3. The van der Waals surface area contributed by atoms with Crippen molar-refractivity contribution in [2.75, 3.05) is 6.61 Å². The van der Waals surface area contributed by atoms with Crippen LogP contribution in [0.25, 0.3) is 0 Å². The van der Waals surface area contributed by atoms with Crippen LogP contribution in [0, 0.1) is 51.7 Å². The van der Waals surface area contributed by atoms with Crippen LogP contribution in [0.4, 0.5) is 5.69 Å². The summed E-state index contributed by atoms with van der Waals surface area (Å²) in [5, 5.41) is 11.0. The lowest BCUT2D eigenvalue weighted by atomic mass is 9.90. The van der Waals surface area contributed by atoms with Gasteiger partial charge in [-0.1, -0.05) is 12.1 Å². The molecule has 0 amide bonds. The molecule has 0 fully saturated rings. The largest absolute Gasteiger partial charge is 0.454 e. The molecule has 0 saturated heterocycles. The number of hydrogen-bond donors (Lipinski definition) is 0. The number of aryl methyl sites for hydroxylation is 1. The number of ketones is 1. The first kappa shape index (κ1) is 20.3. The predicted octanol–water partition coefficient (Wildman–Crippen LogP) is 4.49. The zero-order valence-corrected chi connectivity index (χ0v) is 16.4. The van der Waals surface area contributed by atoms with Crippen molar-refractivity contribution in [2.24, 2.45) is 0 Å². The molecule has 0 aliphatic rings. The van der Waals surface area contributed by atoms with Crippen LogP contribution in [0.1, 0.15) is 54.1 Å². The van der Waals surface area contributed by atoms with Crippen LogP contribution >= 0.6 is 0 Å². The van der Waals surface area contributed by atoms with E-state index in [1.54, 1.807) is 6.92 Å². The zero-order chi connectivity index (χ0) is 20.5. The van der Waals surface area contributed by atoms with E-state index in [1.807, 2.05) is 34.6 Å². The third-order valence-electron chi connectivity index (χ3n) is 5.27. The molecule has 0 atom stereocenters. The number of nitro groups is 1. The van der Waals surface area contributed by atoms with E-state index in [1.165, 1.54) is 18.2 Å². The summed E-state index contributed by atoms with van der Waals surface area (Å²) in [7, 11) is 0. The van der Waals surface area contributed by atoms with E-state index in [9.17, 15) is 19.7 Å². The molecule has 0 aromatic heterocycles. The van der Waals surface area contributed by atoms with Gasteiger partial charge in [0.15, 0.2) is 6.61 Å². The van der Waals surface area contributed by atoms with Gasteiger partial charge < -0.3 is 4.74 Å². The van der Waals surface area contributed by atoms with Gasteiger partial charge in [0.25, 0.3) is 5.69 Å². The van der Waals surface area contributed by atoms with Crippen molar-refractivity contribution >= 4 is 17.4 Å². The first-order valence-electron chi connectivity index (χ1n) is 8.58. The van der Waals surface area contributed by atoms with Crippen molar-refractivity contribution in [3.05, 3.63) is 72.8 Å². The van der Waals surface area contributed by atoms with Gasteiger partial charge >= 0.3 is 5.97 Å². The number of Topliss-reactive ketones (excluding diaryl/α,β-unsaturated/α-hetero) is 1. The van der Waals surface area contributed by atoms with Gasteiger partial charge in [-0.15, -0.1) is 0 Å². The van der Waals surface area contributed by atoms with Gasteiger partial charge in [0.1, 0.15) is 0 Å². The molecule has 2 aromatic carbocycles. The maximum atomic E-state index is 12.6. The Morgan fingerprint density at radius 1 is 0.926 bits per heavy atom. The molecule has 0 aliphatic heterocycles. The number of nitro benzene ring substituents is 1. The van der Waals surface area contributed by atoms with Crippen LogP contribution < -0.4 is 0 Å². The third-order valence-corrected chi connectivity index (χ3v) is 5.27. The van der Waals surface area contributed by atoms with Crippen molar-refractivity contribution in [3.8, 4) is 0 Å². The molecule has 2 rings (SSSR count). The minimum atomic E-state index is -0.564. The normalized spacial score (nSPS) is 10.6. The van der Waals surface area contributed by atoms with Gasteiger partial charge in [0.05, 0.1) is 10.5 Å². The van der Waals surface area contributed by atoms with Crippen molar-refractivity contribution in [1.82, 2.24) is 0 Å². The summed E-state index contributed by atoms with van der Waals surface area (Å²) in [5.41, 5.74) is 5.77. The quantitative estimate of drug-likeness (QED) is 0.335. The van der Waals surface area contributed by atoms with Crippen LogP contribution in [0.3, 0.4) is 0 Å². The molecular formula is C21H23NO5. The van der Waals surface area contributed by atoms with Gasteiger partial charge in [0, 0.05) is 17.2 Å². The Balaban J connectivity index is 2.23. The van der Waals surface area contributed by atoms with Crippen molar-refractivity contribution < 1.29 is 19.2 Å². The molecule has 6 nitrogen and oxygen atoms in total. The Kier molecular flexibility index (Phi) is 5.78. The number of carbonyl (C=O) groups excluding carboxylic acids is 2. The third kappa shape index (κ3) is 3.89. The summed E-state index contributed by atoms with van der Waals surface area (Å²) >= 11 is 0. The second-order valence-electron chi connectivity index (χ2n) is 6.76. The Morgan fingerprint density at radius 2 is 1.44 bits per heavy atom. The number of esters is 1. The molecule has 6 heteroatoms. The fourth-order valence-electron chi connectivity index (χ4n) is 3.07. The second kappa shape index (κ2) is 7.70. The van der Waals surface area contributed by atoms with Gasteiger partial charge in [-0.25, -0.2) is 4.79 Å². The summed E-state index contributed by atoms with van der Waals surface area (Å²) in [6, 6.07) is 4.21. The highest BCUT2D eigenvalue weighted by molar-refractivity contribution is 6.00. The van der Waals surface area contributed by atoms with Gasteiger partial charge in [-0.05, 0) is 69.4 Å². The fourth-order valence-corrected chi connectivity index (χ4v) is 3.07. The first-order chi connectivity index (χ1) is 12.6. The highest BCUT2D eigenvalue weighted by Gasteiger charge is 2.21. The maximum absolute atomic E-state index is 12.6. The fraction of sp³-hybridized carbons (Fsp3) is 0.333. The minimum Gasteiger partial charge on any atom is -0.454 e. The Bertz CT molecular complexity index is 931. The smallest absolute Gasteiger partial charge is 0.339 e. The SMILES string of the molecule is Cc1ccc(C(=O)COC(=O)c2c(C)c(C)c(C)c(C)c2C)cc1[N+](=O)[O-]. The summed E-state index contributed by atoms with van der Waals surface area (Å²) in [4.78, 5) is 35.4. The van der Waals surface area contributed by atoms with Crippen LogP contribution in [0.15, 0.2) is 18.2 Å². The van der Waals surface area contributed by atoms with Crippen molar-refractivity contribution in [3.63, 3.8) is 0 Å². The van der Waals surface area contributed by atoms with E-state index in [0.29, 0.717) is 11.1 Å². The van der Waals surface area contributed by atoms with Crippen LogP contribution in [-0.2, 0) is 4.74 Å². The second-order valence-corrected chi connectivity index (χ2v) is 6.76. The monoisotopic (exact) mass is 369 g/mol. The van der Waals surface area contributed by atoms with E-state index in [2.05, 4.69) is 0 Å². The molecule has 0 saturated carbocycles. The Labute approximate surface area is 158 Å². The molecular weight excluding hydrogens is 346 g/mol. The molecule has 0 radical (unpaired) electrons. The van der Waals surface area contributed by atoms with E-state index < -0.39 is 23.3 Å². The minimum absolute atomic E-state index is 0.136. The lowest BCUT2D eigenvalue weighted by molar-refractivity contribution is -0.385. The van der Waals surface area contributed by atoms with Crippen molar-refractivity contribution in [2.45, 2.75) is 41.5 Å². The number of ether oxygens (including phenoxy) is 1. The van der Waals surface area contributed by atoms with Gasteiger partial charge in [-0.3, -0.25) is 14.9 Å². The van der Waals surface area contributed by atoms with Gasteiger partial charge in [0.2, 0.25) is 5.78 Å². The average Bonchev–Trinajstić information content (AvgIpc) is 2.63. The molecule has 0 bridgehead atoms. The van der Waals surface area contributed by atoms with E-state index >= 15 is 0 Å². The number of nitrogens with zero attached hydrogens (tertiary/aromatic N) is 1. The maximum Gasteiger partial charge on any atom is 0.339 e. The number of hydrogen-bond acceptors (Lipinski definition) is 5. The average molecular weight is 369 g/mol. The first-order valence-corrected chi connectivity index (χ1v) is 8.58. The molecule has 0 spiro atoms. The topological polar surface area (TPSA) is 86.5 Å². The highest BCUT2D eigenvalue weighted by atomic mass is 16.6. The highest BCUT2D eigenvalue weighted by Crippen LogP contribution is 2.27. The lowest BCUT2D eigenvalue weighted by Crippen LogP contribution is -2.17. The zero-order valence-electron chi connectivity index (χ0n) is 16.4.